The Kier molecular flexibility index (Phi) is 3.96. The van der Waals surface area contributed by atoms with Crippen molar-refractivity contribution >= 4 is 11.9 Å². The van der Waals surface area contributed by atoms with Gasteiger partial charge in [-0.1, -0.05) is 24.3 Å². The van der Waals surface area contributed by atoms with Crippen LogP contribution in [0.3, 0.4) is 0 Å². The van der Waals surface area contributed by atoms with Crippen molar-refractivity contribution in [3.63, 3.8) is 0 Å². The van der Waals surface area contributed by atoms with Gasteiger partial charge in [0.1, 0.15) is 5.82 Å². The fourth-order valence-corrected chi connectivity index (χ4v) is 3.62. The topological polar surface area (TPSA) is 66.4 Å². The SMILES string of the molecule is O=C(O)[C@@H]1[C@@H](C(=O)NCCc2ccc(F)cc2)[C@H]2C=C[C@@H]1C2. The first-order chi connectivity index (χ1) is 10.6. The van der Waals surface area contributed by atoms with Crippen molar-refractivity contribution in [3.8, 4) is 0 Å². The quantitative estimate of drug-likeness (QED) is 0.818. The Balaban J connectivity index is 1.56. The Hall–Kier alpha value is -2.17. The maximum absolute atomic E-state index is 12.8. The summed E-state index contributed by atoms with van der Waals surface area (Å²) in [5, 5.41) is 12.2. The van der Waals surface area contributed by atoms with Crippen molar-refractivity contribution in [2.24, 2.45) is 23.7 Å². The second-order valence-corrected chi connectivity index (χ2v) is 6.01. The summed E-state index contributed by atoms with van der Waals surface area (Å²) < 4.78 is 12.8. The van der Waals surface area contributed by atoms with Crippen molar-refractivity contribution in [2.45, 2.75) is 12.8 Å². The first-order valence-corrected chi connectivity index (χ1v) is 7.49. The van der Waals surface area contributed by atoms with Crippen LogP contribution < -0.4 is 5.32 Å². The fourth-order valence-electron chi connectivity index (χ4n) is 3.62. The van der Waals surface area contributed by atoms with Crippen LogP contribution in [-0.2, 0) is 16.0 Å². The number of carbonyl (C=O) groups is 2. The predicted molar refractivity (Wildman–Crippen MR) is 78.5 cm³/mol. The molecule has 1 saturated carbocycles. The van der Waals surface area contributed by atoms with Crippen LogP contribution >= 0.6 is 0 Å². The van der Waals surface area contributed by atoms with E-state index in [1.54, 1.807) is 12.1 Å². The molecule has 5 heteroatoms. The predicted octanol–water partition coefficient (Wildman–Crippen LogP) is 2.01. The summed E-state index contributed by atoms with van der Waals surface area (Å²) in [6, 6.07) is 6.14. The third-order valence-corrected chi connectivity index (χ3v) is 4.67. The average molecular weight is 303 g/mol. The number of benzene rings is 1. The Morgan fingerprint density at radius 1 is 1.14 bits per heavy atom. The van der Waals surface area contributed by atoms with E-state index in [4.69, 9.17) is 0 Å². The van der Waals surface area contributed by atoms with E-state index < -0.39 is 17.8 Å². The first kappa shape index (κ1) is 14.8. The second-order valence-electron chi connectivity index (χ2n) is 6.01. The van der Waals surface area contributed by atoms with Crippen LogP contribution in [0, 0.1) is 29.5 Å². The number of rotatable bonds is 5. The second kappa shape index (κ2) is 5.91. The van der Waals surface area contributed by atoms with Crippen LogP contribution in [0.1, 0.15) is 12.0 Å². The molecule has 2 N–H and O–H groups in total. The number of amides is 1. The third-order valence-electron chi connectivity index (χ3n) is 4.67. The van der Waals surface area contributed by atoms with Crippen LogP contribution in [-0.4, -0.2) is 23.5 Å². The Morgan fingerprint density at radius 3 is 2.41 bits per heavy atom. The summed E-state index contributed by atoms with van der Waals surface area (Å²) in [6.07, 6.45) is 5.24. The Bertz CT molecular complexity index is 611. The van der Waals surface area contributed by atoms with Gasteiger partial charge in [-0.15, -0.1) is 0 Å². The van der Waals surface area contributed by atoms with Crippen molar-refractivity contribution in [3.05, 3.63) is 47.8 Å². The highest BCUT2D eigenvalue weighted by Crippen LogP contribution is 2.48. The minimum absolute atomic E-state index is 0.0182. The fraction of sp³-hybridized carbons (Fsp3) is 0.412. The van der Waals surface area contributed by atoms with E-state index in [1.165, 1.54) is 12.1 Å². The molecule has 2 bridgehead atoms. The molecule has 3 rings (SSSR count). The normalized spacial score (nSPS) is 28.8. The maximum Gasteiger partial charge on any atom is 0.307 e. The molecule has 0 radical (unpaired) electrons. The standard InChI is InChI=1S/C17H18FNO3/c18-13-5-1-10(2-6-13)7-8-19-16(20)14-11-3-4-12(9-11)15(14)17(21)22/h1-6,11-12,14-15H,7-9H2,(H,19,20)(H,21,22)/t11-,12+,14-,15-/m0/s1. The van der Waals surface area contributed by atoms with Crippen molar-refractivity contribution in [1.29, 1.82) is 0 Å². The number of carbonyl (C=O) groups excluding carboxylic acids is 1. The van der Waals surface area contributed by atoms with Crippen LogP contribution in [0.15, 0.2) is 36.4 Å². The molecule has 116 valence electrons. The Labute approximate surface area is 128 Å². The molecular formula is C17H18FNO3. The van der Waals surface area contributed by atoms with Gasteiger partial charge in [-0.05, 0) is 42.4 Å². The van der Waals surface area contributed by atoms with Gasteiger partial charge in [-0.2, -0.15) is 0 Å². The molecule has 22 heavy (non-hydrogen) atoms. The monoisotopic (exact) mass is 303 g/mol. The van der Waals surface area contributed by atoms with Gasteiger partial charge in [0.2, 0.25) is 5.91 Å². The smallest absolute Gasteiger partial charge is 0.307 e. The largest absolute Gasteiger partial charge is 0.481 e. The number of nitrogens with one attached hydrogen (secondary N) is 1. The molecule has 0 unspecified atom stereocenters. The van der Waals surface area contributed by atoms with Crippen molar-refractivity contribution < 1.29 is 19.1 Å². The van der Waals surface area contributed by atoms with E-state index in [1.807, 2.05) is 12.2 Å². The molecule has 1 fully saturated rings. The molecule has 0 aliphatic heterocycles. The van der Waals surface area contributed by atoms with Crippen LogP contribution in [0.25, 0.3) is 0 Å². The summed E-state index contributed by atoms with van der Waals surface area (Å²) in [5.74, 6) is -2.43. The summed E-state index contributed by atoms with van der Waals surface area (Å²) in [7, 11) is 0. The average Bonchev–Trinajstić information content (AvgIpc) is 3.09. The van der Waals surface area contributed by atoms with Gasteiger partial charge in [0.15, 0.2) is 0 Å². The van der Waals surface area contributed by atoms with Crippen molar-refractivity contribution in [1.82, 2.24) is 5.32 Å². The van der Waals surface area contributed by atoms with Crippen LogP contribution in [0.4, 0.5) is 4.39 Å². The van der Waals surface area contributed by atoms with E-state index in [2.05, 4.69) is 5.32 Å². The van der Waals surface area contributed by atoms with Gasteiger partial charge < -0.3 is 10.4 Å². The molecule has 1 aromatic carbocycles. The lowest BCUT2D eigenvalue weighted by atomic mass is 9.82. The first-order valence-electron chi connectivity index (χ1n) is 7.49. The number of carboxylic acid groups (broad SMARTS) is 1. The van der Waals surface area contributed by atoms with Gasteiger partial charge in [-0.3, -0.25) is 9.59 Å². The highest BCUT2D eigenvalue weighted by atomic mass is 19.1. The number of allylic oxidation sites excluding steroid dienone is 2. The lowest BCUT2D eigenvalue weighted by Gasteiger charge is -2.23. The zero-order chi connectivity index (χ0) is 15.7. The lowest BCUT2D eigenvalue weighted by molar-refractivity contribution is -0.147. The number of halogens is 1. The van der Waals surface area contributed by atoms with Gasteiger partial charge >= 0.3 is 5.97 Å². The maximum atomic E-state index is 12.8. The van der Waals surface area contributed by atoms with Gasteiger partial charge in [-0.25, -0.2) is 4.39 Å². The van der Waals surface area contributed by atoms with Crippen molar-refractivity contribution in [2.75, 3.05) is 6.54 Å². The van der Waals surface area contributed by atoms with Gasteiger partial charge in [0.25, 0.3) is 0 Å². The zero-order valence-electron chi connectivity index (χ0n) is 12.0. The molecule has 1 aromatic rings. The van der Waals surface area contributed by atoms with E-state index in [0.29, 0.717) is 13.0 Å². The van der Waals surface area contributed by atoms with Gasteiger partial charge in [0.05, 0.1) is 11.8 Å². The number of carboxylic acids is 1. The number of aliphatic carboxylic acids is 1. The molecule has 4 nitrogen and oxygen atoms in total. The van der Waals surface area contributed by atoms with Crippen LogP contribution in [0.5, 0.6) is 0 Å². The number of hydrogen-bond donors (Lipinski definition) is 2. The summed E-state index contributed by atoms with van der Waals surface area (Å²) >= 11 is 0. The number of fused-ring (bicyclic) bond motifs is 2. The summed E-state index contributed by atoms with van der Waals surface area (Å²) in [4.78, 5) is 23.7. The molecule has 0 aromatic heterocycles. The molecule has 2 aliphatic rings. The molecule has 4 atom stereocenters. The Morgan fingerprint density at radius 2 is 1.77 bits per heavy atom. The third kappa shape index (κ3) is 2.75. The minimum Gasteiger partial charge on any atom is -0.481 e. The minimum atomic E-state index is -0.893. The van der Waals surface area contributed by atoms with E-state index >= 15 is 0 Å². The lowest BCUT2D eigenvalue weighted by Crippen LogP contribution is -2.40. The highest BCUT2D eigenvalue weighted by molar-refractivity contribution is 5.86. The molecule has 0 spiro atoms. The molecule has 0 heterocycles. The highest BCUT2D eigenvalue weighted by Gasteiger charge is 2.51. The van der Waals surface area contributed by atoms with Gasteiger partial charge in [0, 0.05) is 6.54 Å². The van der Waals surface area contributed by atoms with E-state index in [9.17, 15) is 19.1 Å². The van der Waals surface area contributed by atoms with E-state index in [-0.39, 0.29) is 23.6 Å². The summed E-state index contributed by atoms with van der Waals surface area (Å²) in [5.41, 5.74) is 0.935. The molecule has 0 saturated heterocycles. The van der Waals surface area contributed by atoms with Crippen LogP contribution in [0.2, 0.25) is 0 Å². The number of hydrogen-bond acceptors (Lipinski definition) is 2. The molecular weight excluding hydrogens is 285 g/mol. The van der Waals surface area contributed by atoms with E-state index in [0.717, 1.165) is 12.0 Å². The summed E-state index contributed by atoms with van der Waals surface area (Å²) in [6.45, 7) is 0.425. The molecule has 1 amide bonds. The molecule has 2 aliphatic carbocycles. The zero-order valence-corrected chi connectivity index (χ0v) is 12.0.